The van der Waals surface area contributed by atoms with Crippen LogP contribution in [0.25, 0.3) is 0 Å². The van der Waals surface area contributed by atoms with Crippen LogP contribution in [0.4, 0.5) is 0 Å². The summed E-state index contributed by atoms with van der Waals surface area (Å²) in [6, 6.07) is 11.7. The Kier molecular flexibility index (Phi) is 4.81. The molecule has 0 aromatic carbocycles. The molecule has 94 valence electrons. The Hall–Kier alpha value is -1.78. The maximum Gasteiger partial charge on any atom is 0.0558 e. The van der Waals surface area contributed by atoms with Gasteiger partial charge >= 0.3 is 0 Å². The van der Waals surface area contributed by atoms with Crippen LogP contribution >= 0.6 is 0 Å². The SMILES string of the molecule is OCCN(Cc1ccccn1)Cc1ccccn1. The number of hydrogen-bond acceptors (Lipinski definition) is 4. The van der Waals surface area contributed by atoms with Gasteiger partial charge in [-0.3, -0.25) is 14.9 Å². The Morgan fingerprint density at radius 3 is 1.83 bits per heavy atom. The Balaban J connectivity index is 2.00. The largest absolute Gasteiger partial charge is 0.395 e. The average molecular weight is 243 g/mol. The number of rotatable bonds is 6. The molecule has 2 heterocycles. The number of nitrogens with zero attached hydrogens (tertiary/aromatic N) is 3. The van der Waals surface area contributed by atoms with Gasteiger partial charge in [0.25, 0.3) is 0 Å². The van der Waals surface area contributed by atoms with Gasteiger partial charge in [-0.2, -0.15) is 0 Å². The van der Waals surface area contributed by atoms with E-state index < -0.39 is 0 Å². The van der Waals surface area contributed by atoms with Crippen molar-refractivity contribution >= 4 is 0 Å². The summed E-state index contributed by atoms with van der Waals surface area (Å²) in [5.41, 5.74) is 2.00. The Morgan fingerprint density at radius 1 is 0.889 bits per heavy atom. The number of aliphatic hydroxyl groups excluding tert-OH is 1. The second-order valence-electron chi connectivity index (χ2n) is 4.08. The Labute approximate surface area is 107 Å². The van der Waals surface area contributed by atoms with Crippen LogP contribution in [0.15, 0.2) is 48.8 Å². The second-order valence-corrected chi connectivity index (χ2v) is 4.08. The van der Waals surface area contributed by atoms with E-state index >= 15 is 0 Å². The fourth-order valence-corrected chi connectivity index (χ4v) is 1.80. The summed E-state index contributed by atoms with van der Waals surface area (Å²) in [7, 11) is 0. The van der Waals surface area contributed by atoms with Crippen LogP contribution in [0, 0.1) is 0 Å². The fraction of sp³-hybridized carbons (Fsp3) is 0.286. The van der Waals surface area contributed by atoms with E-state index in [0.717, 1.165) is 24.5 Å². The molecule has 0 amide bonds. The van der Waals surface area contributed by atoms with Crippen molar-refractivity contribution in [2.45, 2.75) is 13.1 Å². The maximum atomic E-state index is 9.11. The molecule has 0 bridgehead atoms. The topological polar surface area (TPSA) is 49.2 Å². The quantitative estimate of drug-likeness (QED) is 0.834. The van der Waals surface area contributed by atoms with Crippen molar-refractivity contribution < 1.29 is 5.11 Å². The lowest BCUT2D eigenvalue weighted by Crippen LogP contribution is -2.26. The van der Waals surface area contributed by atoms with Gasteiger partial charge in [0.05, 0.1) is 18.0 Å². The van der Waals surface area contributed by atoms with Gasteiger partial charge in [0.15, 0.2) is 0 Å². The molecule has 0 unspecified atom stereocenters. The van der Waals surface area contributed by atoms with Crippen molar-refractivity contribution in [2.75, 3.05) is 13.2 Å². The first-order chi connectivity index (χ1) is 8.88. The zero-order valence-corrected chi connectivity index (χ0v) is 10.2. The minimum atomic E-state index is 0.139. The lowest BCUT2D eigenvalue weighted by Gasteiger charge is -2.20. The molecule has 0 aliphatic heterocycles. The molecule has 2 rings (SSSR count). The van der Waals surface area contributed by atoms with Crippen LogP contribution in [-0.2, 0) is 13.1 Å². The van der Waals surface area contributed by atoms with Crippen LogP contribution in [0.1, 0.15) is 11.4 Å². The van der Waals surface area contributed by atoms with E-state index in [4.69, 9.17) is 5.11 Å². The van der Waals surface area contributed by atoms with Crippen molar-refractivity contribution in [1.82, 2.24) is 14.9 Å². The average Bonchev–Trinajstić information content (AvgIpc) is 2.41. The highest BCUT2D eigenvalue weighted by Crippen LogP contribution is 2.05. The van der Waals surface area contributed by atoms with Gasteiger partial charge < -0.3 is 5.11 Å². The Bertz CT molecular complexity index is 406. The molecule has 0 saturated heterocycles. The third-order valence-electron chi connectivity index (χ3n) is 2.64. The summed E-state index contributed by atoms with van der Waals surface area (Å²) in [6.45, 7) is 2.20. The number of pyridine rings is 2. The van der Waals surface area contributed by atoms with Gasteiger partial charge in [-0.05, 0) is 24.3 Å². The van der Waals surface area contributed by atoms with E-state index in [9.17, 15) is 0 Å². The normalized spacial score (nSPS) is 10.8. The fourth-order valence-electron chi connectivity index (χ4n) is 1.80. The van der Waals surface area contributed by atoms with Crippen molar-refractivity contribution in [2.24, 2.45) is 0 Å². The van der Waals surface area contributed by atoms with Gasteiger partial charge in [-0.25, -0.2) is 0 Å². The minimum Gasteiger partial charge on any atom is -0.395 e. The summed E-state index contributed by atoms with van der Waals surface area (Å²) in [6.07, 6.45) is 3.57. The molecule has 4 heteroatoms. The first-order valence-electron chi connectivity index (χ1n) is 6.01. The first kappa shape index (κ1) is 12.7. The molecule has 0 atom stereocenters. The molecule has 18 heavy (non-hydrogen) atoms. The van der Waals surface area contributed by atoms with Gasteiger partial charge in [0.1, 0.15) is 0 Å². The predicted octanol–water partition coefficient (Wildman–Crippen LogP) is 1.47. The van der Waals surface area contributed by atoms with Crippen molar-refractivity contribution in [3.63, 3.8) is 0 Å². The monoisotopic (exact) mass is 243 g/mol. The maximum absolute atomic E-state index is 9.11. The second kappa shape index (κ2) is 6.83. The molecular formula is C14H17N3O. The van der Waals surface area contributed by atoms with Gasteiger partial charge in [0.2, 0.25) is 0 Å². The van der Waals surface area contributed by atoms with E-state index in [2.05, 4.69) is 14.9 Å². The van der Waals surface area contributed by atoms with Crippen molar-refractivity contribution in [1.29, 1.82) is 0 Å². The number of hydrogen-bond donors (Lipinski definition) is 1. The summed E-state index contributed by atoms with van der Waals surface area (Å²) in [5, 5.41) is 9.11. The molecule has 2 aromatic heterocycles. The highest BCUT2D eigenvalue weighted by Gasteiger charge is 2.07. The molecule has 0 fully saturated rings. The minimum absolute atomic E-state index is 0.139. The van der Waals surface area contributed by atoms with Crippen LogP contribution in [-0.4, -0.2) is 33.1 Å². The number of aliphatic hydroxyl groups is 1. The van der Waals surface area contributed by atoms with Gasteiger partial charge in [0, 0.05) is 32.0 Å². The summed E-state index contributed by atoms with van der Waals surface area (Å²) >= 11 is 0. The smallest absolute Gasteiger partial charge is 0.0558 e. The van der Waals surface area contributed by atoms with Gasteiger partial charge in [-0.15, -0.1) is 0 Å². The van der Waals surface area contributed by atoms with E-state index in [1.807, 2.05) is 36.4 Å². The first-order valence-corrected chi connectivity index (χ1v) is 6.01. The van der Waals surface area contributed by atoms with Crippen molar-refractivity contribution in [3.05, 3.63) is 60.2 Å². The van der Waals surface area contributed by atoms with E-state index in [0.29, 0.717) is 6.54 Å². The van der Waals surface area contributed by atoms with Crippen LogP contribution < -0.4 is 0 Å². The summed E-state index contributed by atoms with van der Waals surface area (Å²) in [5.74, 6) is 0. The summed E-state index contributed by atoms with van der Waals surface area (Å²) in [4.78, 5) is 10.7. The van der Waals surface area contributed by atoms with E-state index in [1.54, 1.807) is 12.4 Å². The van der Waals surface area contributed by atoms with E-state index in [-0.39, 0.29) is 6.61 Å². The zero-order valence-electron chi connectivity index (χ0n) is 10.2. The molecular weight excluding hydrogens is 226 g/mol. The highest BCUT2D eigenvalue weighted by atomic mass is 16.3. The Morgan fingerprint density at radius 2 is 1.44 bits per heavy atom. The molecule has 0 saturated carbocycles. The number of aromatic nitrogens is 2. The lowest BCUT2D eigenvalue weighted by atomic mass is 10.3. The van der Waals surface area contributed by atoms with Crippen LogP contribution in [0.5, 0.6) is 0 Å². The third-order valence-corrected chi connectivity index (χ3v) is 2.64. The molecule has 0 aliphatic rings. The molecule has 1 N–H and O–H groups in total. The highest BCUT2D eigenvalue weighted by molar-refractivity contribution is 5.06. The van der Waals surface area contributed by atoms with Crippen LogP contribution in [0.2, 0.25) is 0 Å². The molecule has 0 aliphatic carbocycles. The predicted molar refractivity (Wildman–Crippen MR) is 69.7 cm³/mol. The molecule has 4 nitrogen and oxygen atoms in total. The molecule has 0 spiro atoms. The van der Waals surface area contributed by atoms with Crippen molar-refractivity contribution in [3.8, 4) is 0 Å². The zero-order chi connectivity index (χ0) is 12.6. The summed E-state index contributed by atoms with van der Waals surface area (Å²) < 4.78 is 0. The standard InChI is InChI=1S/C14H17N3O/c18-10-9-17(11-13-5-1-3-7-15-13)12-14-6-2-4-8-16-14/h1-8,18H,9-12H2. The molecule has 0 radical (unpaired) electrons. The third kappa shape index (κ3) is 3.91. The van der Waals surface area contributed by atoms with Gasteiger partial charge in [-0.1, -0.05) is 12.1 Å². The van der Waals surface area contributed by atoms with E-state index in [1.165, 1.54) is 0 Å². The molecule has 2 aromatic rings. The van der Waals surface area contributed by atoms with Crippen LogP contribution in [0.3, 0.4) is 0 Å². The lowest BCUT2D eigenvalue weighted by molar-refractivity contribution is 0.181.